The molecule has 0 radical (unpaired) electrons. The van der Waals surface area contributed by atoms with Crippen molar-refractivity contribution in [3.63, 3.8) is 0 Å². The number of hydrogen-bond acceptors (Lipinski definition) is 3. The van der Waals surface area contributed by atoms with Crippen molar-refractivity contribution in [3.8, 4) is 0 Å². The number of nitrogens with zero attached hydrogens (tertiary/aromatic N) is 3. The van der Waals surface area contributed by atoms with Crippen LogP contribution >= 0.6 is 0 Å². The van der Waals surface area contributed by atoms with Gasteiger partial charge in [-0.1, -0.05) is 30.9 Å². The first-order chi connectivity index (χ1) is 11.1. The van der Waals surface area contributed by atoms with E-state index in [2.05, 4.69) is 4.98 Å². The van der Waals surface area contributed by atoms with E-state index in [1.807, 2.05) is 19.9 Å². The monoisotopic (exact) mass is 313 g/mol. The van der Waals surface area contributed by atoms with Gasteiger partial charge in [0.15, 0.2) is 0 Å². The highest BCUT2D eigenvalue weighted by molar-refractivity contribution is 5.73. The molecule has 0 bridgehead atoms. The second-order valence-corrected chi connectivity index (χ2v) is 6.52. The van der Waals surface area contributed by atoms with E-state index in [0.29, 0.717) is 17.6 Å². The number of fused-ring (bicyclic) bond motifs is 1. The number of pyridine rings is 1. The average Bonchev–Trinajstić information content (AvgIpc) is 2.55. The Morgan fingerprint density at radius 3 is 2.70 bits per heavy atom. The van der Waals surface area contributed by atoms with Crippen molar-refractivity contribution < 1.29 is 0 Å². The Labute approximate surface area is 135 Å². The third-order valence-electron chi connectivity index (χ3n) is 4.55. The summed E-state index contributed by atoms with van der Waals surface area (Å²) in [6.45, 7) is 4.25. The van der Waals surface area contributed by atoms with E-state index in [1.165, 1.54) is 11.0 Å². The molecule has 2 aromatic heterocycles. The van der Waals surface area contributed by atoms with Crippen molar-refractivity contribution in [2.24, 2.45) is 0 Å². The second kappa shape index (κ2) is 6.52. The highest BCUT2D eigenvalue weighted by Gasteiger charge is 2.22. The Morgan fingerprint density at radius 2 is 2.00 bits per heavy atom. The summed E-state index contributed by atoms with van der Waals surface area (Å²) in [5.74, 6) is 0. The fourth-order valence-electron chi connectivity index (χ4n) is 3.31. The Morgan fingerprint density at radius 1 is 1.26 bits per heavy atom. The molecule has 23 heavy (non-hydrogen) atoms. The Bertz CT molecular complexity index is 851. The van der Waals surface area contributed by atoms with Crippen LogP contribution in [0.1, 0.15) is 52.0 Å². The lowest BCUT2D eigenvalue weighted by atomic mass is 9.95. The molecule has 0 aliphatic heterocycles. The van der Waals surface area contributed by atoms with Gasteiger partial charge in [0.2, 0.25) is 0 Å². The topological polar surface area (TPSA) is 56.9 Å². The zero-order valence-electron chi connectivity index (χ0n) is 13.8. The van der Waals surface area contributed by atoms with Crippen LogP contribution in [0.5, 0.6) is 0 Å². The van der Waals surface area contributed by atoms with E-state index in [0.717, 1.165) is 31.3 Å². The van der Waals surface area contributed by atoms with Gasteiger partial charge in [-0.15, -0.1) is 0 Å². The van der Waals surface area contributed by atoms with Crippen LogP contribution < -0.4 is 11.2 Å². The number of aromatic nitrogens is 3. The molecule has 122 valence electrons. The summed E-state index contributed by atoms with van der Waals surface area (Å²) in [7, 11) is 0. The predicted octanol–water partition coefficient (Wildman–Crippen LogP) is 3.03. The molecular weight excluding hydrogens is 290 g/mol. The quantitative estimate of drug-likeness (QED) is 0.818. The van der Waals surface area contributed by atoms with Crippen LogP contribution in [0.3, 0.4) is 0 Å². The predicted molar refractivity (Wildman–Crippen MR) is 91.8 cm³/mol. The van der Waals surface area contributed by atoms with Crippen LogP contribution in [0.2, 0.25) is 0 Å². The zero-order valence-corrected chi connectivity index (χ0v) is 13.8. The molecule has 0 atom stereocenters. The van der Waals surface area contributed by atoms with Crippen molar-refractivity contribution in [1.82, 2.24) is 14.1 Å². The molecule has 1 aliphatic carbocycles. The third-order valence-corrected chi connectivity index (χ3v) is 4.55. The summed E-state index contributed by atoms with van der Waals surface area (Å²) < 4.78 is 3.10. The van der Waals surface area contributed by atoms with Gasteiger partial charge >= 0.3 is 5.69 Å². The largest absolute Gasteiger partial charge is 0.333 e. The van der Waals surface area contributed by atoms with Crippen LogP contribution in [0.15, 0.2) is 39.6 Å². The van der Waals surface area contributed by atoms with Gasteiger partial charge in [-0.25, -0.2) is 9.78 Å². The maximum absolute atomic E-state index is 13.0. The van der Waals surface area contributed by atoms with Crippen LogP contribution in [-0.2, 0) is 6.54 Å². The van der Waals surface area contributed by atoms with E-state index in [9.17, 15) is 9.59 Å². The molecule has 2 heterocycles. The third kappa shape index (κ3) is 3.00. The molecule has 1 fully saturated rings. The lowest BCUT2D eigenvalue weighted by Crippen LogP contribution is -2.42. The normalized spacial score (nSPS) is 15.7. The van der Waals surface area contributed by atoms with Gasteiger partial charge in [-0.3, -0.25) is 13.9 Å². The lowest BCUT2D eigenvalue weighted by molar-refractivity contribution is 0.343. The van der Waals surface area contributed by atoms with Crippen LogP contribution in [0.4, 0.5) is 0 Å². The lowest BCUT2D eigenvalue weighted by Gasteiger charge is -2.25. The number of rotatable bonds is 3. The highest BCUT2D eigenvalue weighted by Crippen LogP contribution is 2.28. The van der Waals surface area contributed by atoms with Gasteiger partial charge in [-0.05, 0) is 38.8 Å². The Balaban J connectivity index is 2.26. The molecular formula is C18H23N3O2. The Hall–Kier alpha value is -2.17. The van der Waals surface area contributed by atoms with Crippen molar-refractivity contribution in [2.75, 3.05) is 0 Å². The standard InChI is InChI=1S/C18H23N3O2/c1-13(2)10-12-20-17(22)15-9-6-11-19-16(15)21(18(20)23)14-7-4-3-5-8-14/h6,9-11,14H,3-5,7-8,12H2,1-2H3. The fourth-order valence-corrected chi connectivity index (χ4v) is 3.31. The summed E-state index contributed by atoms with van der Waals surface area (Å²) in [5, 5.41) is 0.528. The molecule has 1 aliphatic rings. The minimum atomic E-state index is -0.248. The van der Waals surface area contributed by atoms with Crippen LogP contribution in [0, 0.1) is 0 Å². The minimum Gasteiger partial charge on any atom is -0.274 e. The summed E-state index contributed by atoms with van der Waals surface area (Å²) in [6.07, 6.45) is 8.99. The molecule has 2 aromatic rings. The van der Waals surface area contributed by atoms with Gasteiger partial charge in [-0.2, -0.15) is 0 Å². The van der Waals surface area contributed by atoms with Gasteiger partial charge < -0.3 is 0 Å². The van der Waals surface area contributed by atoms with Crippen LogP contribution in [0.25, 0.3) is 11.0 Å². The van der Waals surface area contributed by atoms with Crippen molar-refractivity contribution in [1.29, 1.82) is 0 Å². The van der Waals surface area contributed by atoms with Crippen molar-refractivity contribution in [3.05, 3.63) is 50.8 Å². The van der Waals surface area contributed by atoms with Crippen LogP contribution in [-0.4, -0.2) is 14.1 Å². The maximum Gasteiger partial charge on any atom is 0.333 e. The summed E-state index contributed by atoms with van der Waals surface area (Å²) >= 11 is 0. The molecule has 0 spiro atoms. The molecule has 1 saturated carbocycles. The molecule has 0 unspecified atom stereocenters. The van der Waals surface area contributed by atoms with E-state index in [4.69, 9.17) is 0 Å². The summed E-state index contributed by atoms with van der Waals surface area (Å²) in [4.78, 5) is 30.0. The maximum atomic E-state index is 13.0. The highest BCUT2D eigenvalue weighted by atomic mass is 16.2. The molecule has 5 nitrogen and oxygen atoms in total. The van der Waals surface area contributed by atoms with Gasteiger partial charge in [0.1, 0.15) is 5.65 Å². The molecule has 3 rings (SSSR count). The molecule has 0 saturated heterocycles. The average molecular weight is 313 g/mol. The number of hydrogen-bond donors (Lipinski definition) is 0. The van der Waals surface area contributed by atoms with E-state index < -0.39 is 0 Å². The van der Waals surface area contributed by atoms with E-state index in [1.54, 1.807) is 22.9 Å². The minimum absolute atomic E-state index is 0.146. The molecule has 0 aromatic carbocycles. The van der Waals surface area contributed by atoms with Gasteiger partial charge in [0, 0.05) is 18.8 Å². The van der Waals surface area contributed by atoms with Crippen molar-refractivity contribution >= 4 is 11.0 Å². The van der Waals surface area contributed by atoms with Crippen molar-refractivity contribution in [2.45, 2.75) is 58.5 Å². The smallest absolute Gasteiger partial charge is 0.274 e. The zero-order chi connectivity index (χ0) is 16.4. The fraction of sp³-hybridized carbons (Fsp3) is 0.500. The van der Waals surface area contributed by atoms with E-state index in [-0.39, 0.29) is 17.3 Å². The number of allylic oxidation sites excluding steroid dienone is 2. The molecule has 5 heteroatoms. The molecule has 0 N–H and O–H groups in total. The summed E-state index contributed by atoms with van der Waals surface area (Å²) in [6, 6.07) is 3.67. The first-order valence-electron chi connectivity index (χ1n) is 8.33. The first kappa shape index (κ1) is 15.7. The van der Waals surface area contributed by atoms with E-state index >= 15 is 0 Å². The Kier molecular flexibility index (Phi) is 4.46. The second-order valence-electron chi connectivity index (χ2n) is 6.52. The first-order valence-corrected chi connectivity index (χ1v) is 8.33. The summed E-state index contributed by atoms with van der Waals surface area (Å²) in [5.41, 5.74) is 1.14. The van der Waals surface area contributed by atoms with Gasteiger partial charge in [0.05, 0.1) is 5.39 Å². The SMILES string of the molecule is CC(C)=CCn1c(=O)c2cccnc2n(C2CCCCC2)c1=O. The van der Waals surface area contributed by atoms with Gasteiger partial charge in [0.25, 0.3) is 5.56 Å². The molecule has 0 amide bonds.